The Morgan fingerprint density at radius 3 is 2.65 bits per heavy atom. The van der Waals surface area contributed by atoms with E-state index in [1.54, 1.807) is 0 Å². The van der Waals surface area contributed by atoms with Crippen LogP contribution in [-0.4, -0.2) is 34.7 Å². The average Bonchev–Trinajstić information content (AvgIpc) is 2.68. The summed E-state index contributed by atoms with van der Waals surface area (Å²) in [6.07, 6.45) is 2.54. The van der Waals surface area contributed by atoms with Gasteiger partial charge < -0.3 is 10.8 Å². The van der Waals surface area contributed by atoms with Crippen molar-refractivity contribution >= 4 is 0 Å². The molecule has 1 saturated carbocycles. The minimum atomic E-state index is -0.240. The third-order valence-corrected chi connectivity index (χ3v) is 4.16. The quantitative estimate of drug-likeness (QED) is 0.756. The summed E-state index contributed by atoms with van der Waals surface area (Å²) in [5.74, 6) is 0. The van der Waals surface area contributed by atoms with Crippen LogP contribution in [0.2, 0.25) is 0 Å². The topological polar surface area (TPSA) is 49.5 Å². The highest BCUT2D eigenvalue weighted by atomic mass is 16.3. The zero-order chi connectivity index (χ0) is 11.8. The summed E-state index contributed by atoms with van der Waals surface area (Å²) in [6, 6.07) is 9.05. The lowest BCUT2D eigenvalue weighted by atomic mass is 9.98. The standard InChI is InChI=1S/C14H20N2O/c15-12-7-13(14(17)8-12)16-6-5-10-3-1-2-4-11(10)9-16/h1-4,12-14,17H,5-9,15H2/t12-,13+,14+/m1/s1. The van der Waals surface area contributed by atoms with Crippen molar-refractivity contribution in [1.29, 1.82) is 0 Å². The number of fused-ring (bicyclic) bond motifs is 1. The van der Waals surface area contributed by atoms with E-state index < -0.39 is 0 Å². The molecule has 3 N–H and O–H groups in total. The minimum absolute atomic E-state index is 0.173. The zero-order valence-corrected chi connectivity index (χ0v) is 10.0. The van der Waals surface area contributed by atoms with Crippen LogP contribution in [0.15, 0.2) is 24.3 Å². The molecular weight excluding hydrogens is 212 g/mol. The van der Waals surface area contributed by atoms with Crippen molar-refractivity contribution < 1.29 is 5.11 Å². The lowest BCUT2D eigenvalue weighted by Gasteiger charge is -2.35. The van der Waals surface area contributed by atoms with Crippen LogP contribution < -0.4 is 5.73 Å². The second-order valence-corrected chi connectivity index (χ2v) is 5.36. The van der Waals surface area contributed by atoms with Crippen LogP contribution >= 0.6 is 0 Å². The van der Waals surface area contributed by atoms with E-state index >= 15 is 0 Å². The fourth-order valence-corrected chi connectivity index (χ4v) is 3.22. The molecule has 0 radical (unpaired) electrons. The van der Waals surface area contributed by atoms with E-state index in [2.05, 4.69) is 29.2 Å². The van der Waals surface area contributed by atoms with Gasteiger partial charge in [0.15, 0.2) is 0 Å². The van der Waals surface area contributed by atoms with Crippen LogP contribution in [-0.2, 0) is 13.0 Å². The van der Waals surface area contributed by atoms with Gasteiger partial charge in [0, 0.05) is 25.2 Å². The highest BCUT2D eigenvalue weighted by Gasteiger charge is 2.36. The van der Waals surface area contributed by atoms with Gasteiger partial charge >= 0.3 is 0 Å². The van der Waals surface area contributed by atoms with E-state index in [4.69, 9.17) is 5.73 Å². The Labute approximate surface area is 102 Å². The van der Waals surface area contributed by atoms with Gasteiger partial charge in [0.05, 0.1) is 6.10 Å². The van der Waals surface area contributed by atoms with Gasteiger partial charge in [-0.15, -0.1) is 0 Å². The zero-order valence-electron chi connectivity index (χ0n) is 10.0. The first-order valence-corrected chi connectivity index (χ1v) is 6.48. The van der Waals surface area contributed by atoms with Gasteiger partial charge in [-0.2, -0.15) is 0 Å². The van der Waals surface area contributed by atoms with Gasteiger partial charge in [-0.25, -0.2) is 0 Å². The molecule has 2 aliphatic rings. The maximum absolute atomic E-state index is 10.0. The molecule has 1 fully saturated rings. The van der Waals surface area contributed by atoms with Crippen LogP contribution in [0.1, 0.15) is 24.0 Å². The Morgan fingerprint density at radius 1 is 1.18 bits per heavy atom. The van der Waals surface area contributed by atoms with Gasteiger partial charge in [-0.05, 0) is 30.4 Å². The lowest BCUT2D eigenvalue weighted by molar-refractivity contribution is 0.0626. The Balaban J connectivity index is 1.76. The van der Waals surface area contributed by atoms with Crippen molar-refractivity contribution in [3.05, 3.63) is 35.4 Å². The summed E-state index contributed by atoms with van der Waals surface area (Å²) in [7, 11) is 0. The van der Waals surface area contributed by atoms with Crippen LogP contribution in [0.3, 0.4) is 0 Å². The number of rotatable bonds is 1. The predicted molar refractivity (Wildman–Crippen MR) is 67.6 cm³/mol. The molecule has 3 nitrogen and oxygen atoms in total. The van der Waals surface area contributed by atoms with Crippen LogP contribution in [0.5, 0.6) is 0 Å². The highest BCUT2D eigenvalue weighted by Crippen LogP contribution is 2.28. The molecule has 3 rings (SSSR count). The van der Waals surface area contributed by atoms with Crippen LogP contribution in [0, 0.1) is 0 Å². The molecule has 1 aromatic rings. The summed E-state index contributed by atoms with van der Waals surface area (Å²) < 4.78 is 0. The van der Waals surface area contributed by atoms with Gasteiger partial charge in [0.2, 0.25) is 0 Å². The first kappa shape index (κ1) is 11.2. The van der Waals surface area contributed by atoms with Crippen LogP contribution in [0.25, 0.3) is 0 Å². The van der Waals surface area contributed by atoms with E-state index in [-0.39, 0.29) is 18.2 Å². The second kappa shape index (κ2) is 4.41. The minimum Gasteiger partial charge on any atom is -0.391 e. The number of nitrogens with two attached hydrogens (primary N) is 1. The second-order valence-electron chi connectivity index (χ2n) is 5.36. The summed E-state index contributed by atoms with van der Waals surface area (Å²) in [5, 5.41) is 10.0. The molecule has 3 heteroatoms. The molecule has 17 heavy (non-hydrogen) atoms. The summed E-state index contributed by atoms with van der Waals surface area (Å²) >= 11 is 0. The van der Waals surface area contributed by atoms with E-state index in [9.17, 15) is 5.11 Å². The molecule has 1 heterocycles. The lowest BCUT2D eigenvalue weighted by Crippen LogP contribution is -2.43. The molecular formula is C14H20N2O. The number of hydrogen-bond donors (Lipinski definition) is 2. The van der Waals surface area contributed by atoms with E-state index in [1.165, 1.54) is 11.1 Å². The third kappa shape index (κ3) is 2.10. The van der Waals surface area contributed by atoms with Crippen molar-refractivity contribution in [2.75, 3.05) is 6.54 Å². The third-order valence-electron chi connectivity index (χ3n) is 4.16. The molecule has 92 valence electrons. The predicted octanol–water partition coefficient (Wildman–Crippen LogP) is 0.895. The van der Waals surface area contributed by atoms with Crippen molar-refractivity contribution in [2.45, 2.75) is 44.0 Å². The molecule has 1 aliphatic carbocycles. The van der Waals surface area contributed by atoms with Gasteiger partial charge in [0.25, 0.3) is 0 Å². The van der Waals surface area contributed by atoms with Gasteiger partial charge in [-0.1, -0.05) is 24.3 Å². The monoisotopic (exact) mass is 232 g/mol. The molecule has 1 aliphatic heterocycles. The number of aliphatic hydroxyl groups excluding tert-OH is 1. The number of aliphatic hydroxyl groups is 1. The van der Waals surface area contributed by atoms with E-state index in [0.717, 1.165) is 32.4 Å². The molecule has 3 atom stereocenters. The first-order chi connectivity index (χ1) is 8.24. The number of benzene rings is 1. The molecule has 0 spiro atoms. The van der Waals surface area contributed by atoms with Crippen LogP contribution in [0.4, 0.5) is 0 Å². The first-order valence-electron chi connectivity index (χ1n) is 6.48. The maximum atomic E-state index is 10.0. The van der Waals surface area contributed by atoms with Gasteiger partial charge in [0.1, 0.15) is 0 Å². The smallest absolute Gasteiger partial charge is 0.0710 e. The van der Waals surface area contributed by atoms with Gasteiger partial charge in [-0.3, -0.25) is 4.90 Å². The van der Waals surface area contributed by atoms with E-state index in [1.807, 2.05) is 0 Å². The normalized spacial score (nSPS) is 33.6. The molecule has 0 unspecified atom stereocenters. The number of hydrogen-bond acceptors (Lipinski definition) is 3. The average molecular weight is 232 g/mol. The summed E-state index contributed by atoms with van der Waals surface area (Å²) in [5.41, 5.74) is 8.80. The Morgan fingerprint density at radius 2 is 1.94 bits per heavy atom. The fourth-order valence-electron chi connectivity index (χ4n) is 3.22. The Kier molecular flexibility index (Phi) is 2.90. The summed E-state index contributed by atoms with van der Waals surface area (Å²) in [6.45, 7) is 2.01. The van der Waals surface area contributed by atoms with Crippen molar-refractivity contribution in [2.24, 2.45) is 5.73 Å². The van der Waals surface area contributed by atoms with Crippen molar-refractivity contribution in [3.8, 4) is 0 Å². The van der Waals surface area contributed by atoms with Crippen molar-refractivity contribution in [1.82, 2.24) is 4.90 Å². The Hall–Kier alpha value is -0.900. The largest absolute Gasteiger partial charge is 0.391 e. The molecule has 0 saturated heterocycles. The van der Waals surface area contributed by atoms with Crippen molar-refractivity contribution in [3.63, 3.8) is 0 Å². The Bertz CT molecular complexity index is 407. The molecule has 0 bridgehead atoms. The van der Waals surface area contributed by atoms with E-state index in [0.29, 0.717) is 0 Å². The molecule has 1 aromatic carbocycles. The molecule has 0 amide bonds. The maximum Gasteiger partial charge on any atom is 0.0710 e. The SMILES string of the molecule is N[C@H]1C[C@H](O)[C@@H](N2CCc3ccccc3C2)C1. The fraction of sp³-hybridized carbons (Fsp3) is 0.571. The summed E-state index contributed by atoms with van der Waals surface area (Å²) in [4.78, 5) is 2.40. The number of nitrogens with zero attached hydrogens (tertiary/aromatic N) is 1. The highest BCUT2D eigenvalue weighted by molar-refractivity contribution is 5.29. The molecule has 0 aromatic heterocycles.